The molecule has 0 aliphatic heterocycles. The van der Waals surface area contributed by atoms with Crippen molar-refractivity contribution in [3.8, 4) is 0 Å². The van der Waals surface area contributed by atoms with Crippen molar-refractivity contribution in [2.45, 2.75) is 0 Å². The molecule has 5 heteroatoms. The van der Waals surface area contributed by atoms with Gasteiger partial charge >= 0.3 is 51.4 Å². The summed E-state index contributed by atoms with van der Waals surface area (Å²) in [7, 11) is 0. The molecule has 0 aliphatic carbocycles. The molecule has 0 N–H and O–H groups in total. The topological polar surface area (TPSA) is 0 Å². The Morgan fingerprint density at radius 2 is 0.800 bits per heavy atom. The molecule has 0 fully saturated rings. The summed E-state index contributed by atoms with van der Waals surface area (Å²) in [5, 5.41) is 0. The van der Waals surface area contributed by atoms with E-state index in [1.165, 1.54) is 0 Å². The van der Waals surface area contributed by atoms with Crippen LogP contribution in [0.4, 0.5) is 0 Å². The predicted molar refractivity (Wildman–Crippen MR) is 22.9 cm³/mol. The second-order valence-corrected chi connectivity index (χ2v) is 0. The van der Waals surface area contributed by atoms with Crippen molar-refractivity contribution in [2.24, 2.45) is 0 Å². The van der Waals surface area contributed by atoms with Crippen LogP contribution in [0.15, 0.2) is 0 Å². The Morgan fingerprint density at radius 3 is 0.800 bits per heavy atom. The smallest absolute Gasteiger partial charge is 1.00 e. The van der Waals surface area contributed by atoms with Gasteiger partial charge in [-0.3, -0.25) is 0 Å². The van der Waals surface area contributed by atoms with Gasteiger partial charge < -0.3 is 1.43 Å². The van der Waals surface area contributed by atoms with Crippen molar-refractivity contribution >= 4 is 37.2 Å². The minimum Gasteiger partial charge on any atom is -1.00 e. The summed E-state index contributed by atoms with van der Waals surface area (Å²) >= 11 is 0. The van der Waals surface area contributed by atoms with Crippen LogP contribution in [0.25, 0.3) is 0 Å². The van der Waals surface area contributed by atoms with Crippen molar-refractivity contribution < 1.29 is 69.9 Å². The first-order chi connectivity index (χ1) is 0. The Bertz CT molecular complexity index is 10.8. The van der Waals surface area contributed by atoms with Crippen LogP contribution in [0, 0.1) is 0 Å². The third-order valence-electron chi connectivity index (χ3n) is 0. The molecule has 0 saturated carbocycles. The molecule has 0 radical (unpaired) electrons. The van der Waals surface area contributed by atoms with Crippen LogP contribution in [0.2, 0.25) is 0 Å². The predicted octanol–water partition coefficient (Wildman–Crippen LogP) is -1.62. The third-order valence-corrected chi connectivity index (χ3v) is 0. The SMILES string of the molecule is Cl.Cl.Cl.[Fe].[H-].[K+]. The van der Waals surface area contributed by atoms with E-state index in [0.717, 1.165) is 0 Å². The van der Waals surface area contributed by atoms with Gasteiger partial charge in [0.05, 0.1) is 0 Å². The van der Waals surface area contributed by atoms with E-state index in [4.69, 9.17) is 0 Å². The molecule has 34 valence electrons. The molecular formula is H4Cl3FeK. The first-order valence-electron chi connectivity index (χ1n) is 0. The van der Waals surface area contributed by atoms with Crippen molar-refractivity contribution in [1.82, 2.24) is 0 Å². The molecule has 0 rings (SSSR count). The molecule has 0 aromatic carbocycles. The molecule has 0 saturated heterocycles. The largest absolute Gasteiger partial charge is 1.00 e. The maximum absolute atomic E-state index is 0. The molecule has 0 unspecified atom stereocenters. The average Bonchev–Trinajstić information content (AvgIpc) is 0. The zero-order valence-electron chi connectivity index (χ0n) is 3.58. The summed E-state index contributed by atoms with van der Waals surface area (Å²) < 4.78 is 0. The Hall–Kier alpha value is 3.03. The Labute approximate surface area is 105 Å². The van der Waals surface area contributed by atoms with Crippen molar-refractivity contribution in [1.29, 1.82) is 0 Å². The molecular weight excluding hydrogens is 201 g/mol. The van der Waals surface area contributed by atoms with Crippen molar-refractivity contribution in [3.63, 3.8) is 0 Å². The molecule has 0 heterocycles. The number of rotatable bonds is 0. The Morgan fingerprint density at radius 1 is 0.800 bits per heavy atom. The van der Waals surface area contributed by atoms with E-state index >= 15 is 0 Å². The molecule has 0 bridgehead atoms. The maximum atomic E-state index is 0. The van der Waals surface area contributed by atoms with E-state index in [9.17, 15) is 0 Å². The Balaban J connectivity index is 0. The fourth-order valence-corrected chi connectivity index (χ4v) is 0. The second kappa shape index (κ2) is 27.9. The number of halogens is 3. The van der Waals surface area contributed by atoms with Crippen LogP contribution < -0.4 is 51.4 Å². The zero-order chi connectivity index (χ0) is 0. The monoisotopic (exact) mass is 204 g/mol. The van der Waals surface area contributed by atoms with Gasteiger partial charge in [-0.25, -0.2) is 0 Å². The summed E-state index contributed by atoms with van der Waals surface area (Å²) in [6.45, 7) is 0. The van der Waals surface area contributed by atoms with E-state index in [1.807, 2.05) is 0 Å². The van der Waals surface area contributed by atoms with E-state index < -0.39 is 0 Å². The number of hydrogen-bond acceptors (Lipinski definition) is 0. The minimum absolute atomic E-state index is 0. The average molecular weight is 205 g/mol. The van der Waals surface area contributed by atoms with E-state index in [2.05, 4.69) is 0 Å². The van der Waals surface area contributed by atoms with Crippen LogP contribution in [0.1, 0.15) is 1.43 Å². The van der Waals surface area contributed by atoms with Gasteiger partial charge in [-0.05, 0) is 0 Å². The molecule has 0 amide bonds. The van der Waals surface area contributed by atoms with E-state index in [1.54, 1.807) is 0 Å². The zero-order valence-corrected chi connectivity index (χ0v) is 9.26. The van der Waals surface area contributed by atoms with Gasteiger partial charge in [0, 0.05) is 17.1 Å². The fourth-order valence-electron chi connectivity index (χ4n) is 0. The van der Waals surface area contributed by atoms with Gasteiger partial charge in [0.25, 0.3) is 0 Å². The number of hydrogen-bond donors (Lipinski definition) is 0. The first-order valence-corrected chi connectivity index (χ1v) is 0. The second-order valence-electron chi connectivity index (χ2n) is 0. The minimum atomic E-state index is 0. The quantitative estimate of drug-likeness (QED) is 0.417. The van der Waals surface area contributed by atoms with Gasteiger partial charge in [-0.15, -0.1) is 37.2 Å². The van der Waals surface area contributed by atoms with Gasteiger partial charge in [0.1, 0.15) is 0 Å². The molecule has 0 aliphatic rings. The van der Waals surface area contributed by atoms with Crippen LogP contribution >= 0.6 is 37.2 Å². The molecule has 0 aromatic rings. The maximum Gasteiger partial charge on any atom is 1.00 e. The molecule has 0 nitrogen and oxygen atoms in total. The summed E-state index contributed by atoms with van der Waals surface area (Å²) in [6, 6.07) is 0. The van der Waals surface area contributed by atoms with Crippen LogP contribution in [-0.2, 0) is 17.1 Å². The third kappa shape index (κ3) is 19.4. The van der Waals surface area contributed by atoms with Crippen LogP contribution in [0.5, 0.6) is 0 Å². The van der Waals surface area contributed by atoms with Gasteiger partial charge in [0.2, 0.25) is 0 Å². The summed E-state index contributed by atoms with van der Waals surface area (Å²) in [5.74, 6) is 0. The molecule has 0 spiro atoms. The molecule has 0 aromatic heterocycles. The fraction of sp³-hybridized carbons (Fsp3) is 0. The molecule has 0 atom stereocenters. The van der Waals surface area contributed by atoms with Gasteiger partial charge in [-0.2, -0.15) is 0 Å². The normalized spacial score (nSPS) is 0. The van der Waals surface area contributed by atoms with E-state index in [-0.39, 0.29) is 107 Å². The van der Waals surface area contributed by atoms with E-state index in [0.29, 0.717) is 0 Å². The summed E-state index contributed by atoms with van der Waals surface area (Å²) in [4.78, 5) is 0. The Kier molecular flexibility index (Phi) is 241. The van der Waals surface area contributed by atoms with Crippen molar-refractivity contribution in [2.75, 3.05) is 0 Å². The van der Waals surface area contributed by atoms with Crippen molar-refractivity contribution in [3.05, 3.63) is 0 Å². The first kappa shape index (κ1) is 43.3. The summed E-state index contributed by atoms with van der Waals surface area (Å²) in [6.07, 6.45) is 0. The van der Waals surface area contributed by atoms with Crippen LogP contribution in [0.3, 0.4) is 0 Å². The van der Waals surface area contributed by atoms with Crippen LogP contribution in [-0.4, -0.2) is 0 Å². The van der Waals surface area contributed by atoms with Gasteiger partial charge in [-0.1, -0.05) is 0 Å². The standard InChI is InChI=1S/3ClH.Fe.K.H/h3*1H;;;/q;;;;+1;-1. The molecule has 5 heavy (non-hydrogen) atoms. The van der Waals surface area contributed by atoms with Gasteiger partial charge in [0.15, 0.2) is 0 Å². The summed E-state index contributed by atoms with van der Waals surface area (Å²) in [5.41, 5.74) is 0.